The molecule has 3 rings (SSSR count). The topological polar surface area (TPSA) is 33.4 Å². The van der Waals surface area contributed by atoms with E-state index in [2.05, 4.69) is 6.07 Å². The molecule has 1 N–H and O–H groups in total. The third-order valence-corrected chi connectivity index (χ3v) is 3.46. The third kappa shape index (κ3) is 1.15. The van der Waals surface area contributed by atoms with Gasteiger partial charge in [-0.1, -0.05) is 18.2 Å². The number of para-hydroxylation sites is 1. The van der Waals surface area contributed by atoms with E-state index in [0.29, 0.717) is 0 Å². The highest BCUT2D eigenvalue weighted by atomic mass is 16.3. The van der Waals surface area contributed by atoms with Crippen molar-refractivity contribution < 1.29 is 9.52 Å². The van der Waals surface area contributed by atoms with Crippen LogP contribution in [0.25, 0.3) is 11.0 Å². The average Bonchev–Trinajstić information content (AvgIpc) is 2.95. The average molecular weight is 202 g/mol. The van der Waals surface area contributed by atoms with Crippen LogP contribution in [0, 0.1) is 6.92 Å². The van der Waals surface area contributed by atoms with Gasteiger partial charge in [0.15, 0.2) is 0 Å². The Morgan fingerprint density at radius 2 is 2.07 bits per heavy atom. The fourth-order valence-corrected chi connectivity index (χ4v) is 2.46. The minimum absolute atomic E-state index is 0.00329. The Bertz CT molecular complexity index is 506. The van der Waals surface area contributed by atoms with Gasteiger partial charge in [0.05, 0.1) is 6.61 Å². The second-order valence-electron chi connectivity index (χ2n) is 4.47. The summed E-state index contributed by atoms with van der Waals surface area (Å²) in [5, 5.41) is 10.6. The number of aliphatic hydroxyl groups is 1. The Morgan fingerprint density at radius 3 is 2.73 bits per heavy atom. The molecule has 0 unspecified atom stereocenters. The molecule has 1 aliphatic rings. The first kappa shape index (κ1) is 8.98. The van der Waals surface area contributed by atoms with Crippen molar-refractivity contribution in [2.75, 3.05) is 6.61 Å². The zero-order valence-corrected chi connectivity index (χ0v) is 8.79. The summed E-state index contributed by atoms with van der Waals surface area (Å²) >= 11 is 0. The van der Waals surface area contributed by atoms with Crippen LogP contribution < -0.4 is 0 Å². The Balaban J connectivity index is 2.29. The molecule has 78 valence electrons. The number of aliphatic hydroxyl groups excluding tert-OH is 1. The lowest BCUT2D eigenvalue weighted by molar-refractivity contribution is 0.254. The lowest BCUT2D eigenvalue weighted by Gasteiger charge is -2.10. The number of aryl methyl sites for hydroxylation is 1. The highest BCUT2D eigenvalue weighted by Crippen LogP contribution is 2.51. The van der Waals surface area contributed by atoms with Crippen LogP contribution in [0.4, 0.5) is 0 Å². The number of hydrogen-bond acceptors (Lipinski definition) is 2. The van der Waals surface area contributed by atoms with Crippen LogP contribution in [0.1, 0.15) is 24.2 Å². The summed E-state index contributed by atoms with van der Waals surface area (Å²) < 4.78 is 5.72. The van der Waals surface area contributed by atoms with E-state index in [9.17, 15) is 5.11 Å². The zero-order valence-electron chi connectivity index (χ0n) is 8.79. The first-order valence-electron chi connectivity index (χ1n) is 5.36. The molecule has 0 saturated heterocycles. The molecular weight excluding hydrogens is 188 g/mol. The predicted octanol–water partition coefficient (Wildman–Crippen LogP) is 2.77. The number of rotatable bonds is 2. The maximum absolute atomic E-state index is 9.47. The molecule has 15 heavy (non-hydrogen) atoms. The second-order valence-corrected chi connectivity index (χ2v) is 4.47. The predicted molar refractivity (Wildman–Crippen MR) is 58.9 cm³/mol. The van der Waals surface area contributed by atoms with Crippen LogP contribution in [-0.2, 0) is 5.41 Å². The molecule has 0 spiro atoms. The van der Waals surface area contributed by atoms with Crippen molar-refractivity contribution in [2.24, 2.45) is 0 Å². The van der Waals surface area contributed by atoms with E-state index in [1.165, 1.54) is 10.9 Å². The van der Waals surface area contributed by atoms with Gasteiger partial charge in [0.2, 0.25) is 0 Å². The normalized spacial score (nSPS) is 18.3. The van der Waals surface area contributed by atoms with E-state index in [-0.39, 0.29) is 12.0 Å². The van der Waals surface area contributed by atoms with Gasteiger partial charge in [0.25, 0.3) is 0 Å². The molecule has 1 fully saturated rings. The number of furan rings is 1. The Labute approximate surface area is 88.5 Å². The molecule has 1 aromatic heterocycles. The second kappa shape index (κ2) is 2.86. The summed E-state index contributed by atoms with van der Waals surface area (Å²) in [4.78, 5) is 0. The quantitative estimate of drug-likeness (QED) is 0.812. The van der Waals surface area contributed by atoms with Crippen molar-refractivity contribution in [3.05, 3.63) is 35.6 Å². The molecule has 1 saturated carbocycles. The molecule has 0 atom stereocenters. The Morgan fingerprint density at radius 1 is 1.33 bits per heavy atom. The first-order chi connectivity index (χ1) is 7.27. The van der Waals surface area contributed by atoms with Crippen molar-refractivity contribution in [3.8, 4) is 0 Å². The van der Waals surface area contributed by atoms with Crippen LogP contribution in [0.2, 0.25) is 0 Å². The summed E-state index contributed by atoms with van der Waals surface area (Å²) in [5.74, 6) is 0.961. The van der Waals surface area contributed by atoms with Gasteiger partial charge in [-0.2, -0.15) is 0 Å². The standard InChI is InChI=1S/C13H14O2/c1-9-12(13(8-14)6-7-13)10-4-2-3-5-11(10)15-9/h2-5,14H,6-8H2,1H3. The van der Waals surface area contributed by atoms with Gasteiger partial charge >= 0.3 is 0 Å². The van der Waals surface area contributed by atoms with Crippen molar-refractivity contribution in [3.63, 3.8) is 0 Å². The maximum Gasteiger partial charge on any atom is 0.134 e. The minimum atomic E-state index is -0.00329. The van der Waals surface area contributed by atoms with Crippen molar-refractivity contribution in [2.45, 2.75) is 25.2 Å². The number of fused-ring (bicyclic) bond motifs is 1. The van der Waals surface area contributed by atoms with Gasteiger partial charge in [-0.05, 0) is 25.8 Å². The molecule has 2 nitrogen and oxygen atoms in total. The SMILES string of the molecule is Cc1oc2ccccc2c1C1(CO)CC1. The molecule has 0 bridgehead atoms. The lowest BCUT2D eigenvalue weighted by atomic mass is 9.94. The van der Waals surface area contributed by atoms with Gasteiger partial charge in [0.1, 0.15) is 11.3 Å². The van der Waals surface area contributed by atoms with Gasteiger partial charge in [-0.15, -0.1) is 0 Å². The summed E-state index contributed by atoms with van der Waals surface area (Å²) in [5.41, 5.74) is 2.15. The van der Waals surface area contributed by atoms with Gasteiger partial charge in [-0.25, -0.2) is 0 Å². The molecule has 2 aromatic rings. The molecule has 1 aromatic carbocycles. The third-order valence-electron chi connectivity index (χ3n) is 3.46. The zero-order chi connectivity index (χ0) is 10.5. The number of hydrogen-bond donors (Lipinski definition) is 1. The molecule has 2 heteroatoms. The molecule has 1 aliphatic carbocycles. The van der Waals surface area contributed by atoms with Crippen LogP contribution in [0.5, 0.6) is 0 Å². The van der Waals surface area contributed by atoms with E-state index >= 15 is 0 Å². The molecular formula is C13H14O2. The van der Waals surface area contributed by atoms with Gasteiger partial charge < -0.3 is 9.52 Å². The summed E-state index contributed by atoms with van der Waals surface area (Å²) in [6, 6.07) is 8.07. The van der Waals surface area contributed by atoms with Crippen LogP contribution >= 0.6 is 0 Å². The van der Waals surface area contributed by atoms with Crippen molar-refractivity contribution >= 4 is 11.0 Å². The van der Waals surface area contributed by atoms with E-state index in [1.54, 1.807) is 0 Å². The summed E-state index contributed by atoms with van der Waals surface area (Å²) in [6.45, 7) is 2.22. The molecule has 0 amide bonds. The first-order valence-corrected chi connectivity index (χ1v) is 5.36. The van der Waals surface area contributed by atoms with Crippen molar-refractivity contribution in [1.29, 1.82) is 0 Å². The summed E-state index contributed by atoms with van der Waals surface area (Å²) in [6.07, 6.45) is 2.15. The van der Waals surface area contributed by atoms with Gasteiger partial charge in [0, 0.05) is 16.4 Å². The van der Waals surface area contributed by atoms with Crippen molar-refractivity contribution in [1.82, 2.24) is 0 Å². The Hall–Kier alpha value is -1.28. The minimum Gasteiger partial charge on any atom is -0.461 e. The Kier molecular flexibility index (Phi) is 1.71. The van der Waals surface area contributed by atoms with Crippen LogP contribution in [-0.4, -0.2) is 11.7 Å². The van der Waals surface area contributed by atoms with E-state index in [1.807, 2.05) is 25.1 Å². The maximum atomic E-state index is 9.47. The summed E-state index contributed by atoms with van der Waals surface area (Å²) in [7, 11) is 0. The number of benzene rings is 1. The fourth-order valence-electron chi connectivity index (χ4n) is 2.46. The lowest BCUT2D eigenvalue weighted by Crippen LogP contribution is -2.12. The smallest absolute Gasteiger partial charge is 0.134 e. The molecule has 1 heterocycles. The van der Waals surface area contributed by atoms with Crippen LogP contribution in [0.15, 0.2) is 28.7 Å². The highest BCUT2D eigenvalue weighted by molar-refractivity contribution is 5.84. The largest absolute Gasteiger partial charge is 0.461 e. The molecule has 0 aliphatic heterocycles. The molecule has 0 radical (unpaired) electrons. The van der Waals surface area contributed by atoms with E-state index in [4.69, 9.17) is 4.42 Å². The fraction of sp³-hybridized carbons (Fsp3) is 0.385. The van der Waals surface area contributed by atoms with E-state index < -0.39 is 0 Å². The van der Waals surface area contributed by atoms with E-state index in [0.717, 1.165) is 24.2 Å². The van der Waals surface area contributed by atoms with Gasteiger partial charge in [-0.3, -0.25) is 0 Å². The highest BCUT2D eigenvalue weighted by Gasteiger charge is 2.46. The monoisotopic (exact) mass is 202 g/mol. The van der Waals surface area contributed by atoms with Crippen LogP contribution in [0.3, 0.4) is 0 Å².